The molecule has 2 fully saturated rings. The lowest BCUT2D eigenvalue weighted by atomic mass is 10.1. The molecule has 0 saturated carbocycles. The largest absolute Gasteiger partial charge is 0.378 e. The number of morpholine rings is 1. The van der Waals surface area contributed by atoms with Crippen molar-refractivity contribution in [3.05, 3.63) is 36.0 Å². The molecule has 0 aliphatic carbocycles. The Balaban J connectivity index is 1.57. The minimum Gasteiger partial charge on any atom is -0.378 e. The Labute approximate surface area is 179 Å². The fourth-order valence-electron chi connectivity index (χ4n) is 4.33. The molecule has 166 valence electrons. The Bertz CT molecular complexity index is 905. The predicted molar refractivity (Wildman–Crippen MR) is 116 cm³/mol. The molecule has 1 aromatic carbocycles. The van der Waals surface area contributed by atoms with Crippen LogP contribution in [-0.4, -0.2) is 61.8 Å². The number of nitrogens with zero attached hydrogens (tertiary/aromatic N) is 4. The standard InChI is InChI=1S/C21H27F2N7O/c22-19(23)21(27-15-3-1-2-4-16(15)28-21)17-13-18(29-9-11-31-12-10-29)26-20(25-17)30-7-5-14(24)6-8-30/h1-4,13-14,19,27-28H,5-12,24H2. The highest BCUT2D eigenvalue weighted by atomic mass is 19.3. The summed E-state index contributed by atoms with van der Waals surface area (Å²) in [5.74, 6) is 1.10. The lowest BCUT2D eigenvalue weighted by Gasteiger charge is -2.35. The molecular weight excluding hydrogens is 404 g/mol. The third-order valence-electron chi connectivity index (χ3n) is 6.18. The number of aromatic nitrogens is 2. The van der Waals surface area contributed by atoms with Gasteiger partial charge in [-0.05, 0) is 25.0 Å². The van der Waals surface area contributed by atoms with Gasteiger partial charge in [0.05, 0.1) is 30.3 Å². The Morgan fingerprint density at radius 1 is 1.00 bits per heavy atom. The Kier molecular flexibility index (Phi) is 5.27. The van der Waals surface area contributed by atoms with Crippen molar-refractivity contribution in [1.29, 1.82) is 0 Å². The highest BCUT2D eigenvalue weighted by molar-refractivity contribution is 5.77. The molecule has 31 heavy (non-hydrogen) atoms. The predicted octanol–water partition coefficient (Wildman–Crippen LogP) is 2.20. The average Bonchev–Trinajstić information content (AvgIpc) is 3.21. The smallest absolute Gasteiger partial charge is 0.285 e. The molecule has 4 heterocycles. The van der Waals surface area contributed by atoms with Gasteiger partial charge in [-0.3, -0.25) is 0 Å². The van der Waals surface area contributed by atoms with Crippen LogP contribution >= 0.6 is 0 Å². The van der Waals surface area contributed by atoms with Gasteiger partial charge in [0.15, 0.2) is 0 Å². The molecule has 3 aliphatic heterocycles. The third-order valence-corrected chi connectivity index (χ3v) is 6.18. The van der Waals surface area contributed by atoms with Crippen LogP contribution in [0.4, 0.5) is 31.9 Å². The minimum absolute atomic E-state index is 0.151. The van der Waals surface area contributed by atoms with Crippen molar-refractivity contribution in [3.8, 4) is 0 Å². The number of fused-ring (bicyclic) bond motifs is 1. The van der Waals surface area contributed by atoms with Gasteiger partial charge in [0, 0.05) is 38.3 Å². The van der Waals surface area contributed by atoms with E-state index in [0.29, 0.717) is 62.5 Å². The zero-order chi connectivity index (χ0) is 21.4. The van der Waals surface area contributed by atoms with E-state index in [9.17, 15) is 8.78 Å². The topological polar surface area (TPSA) is 91.6 Å². The summed E-state index contributed by atoms with van der Waals surface area (Å²) in [6, 6.07) is 9.01. The molecule has 0 amide bonds. The first-order valence-electron chi connectivity index (χ1n) is 10.7. The van der Waals surface area contributed by atoms with Crippen molar-refractivity contribution >= 4 is 23.1 Å². The van der Waals surface area contributed by atoms with Gasteiger partial charge >= 0.3 is 0 Å². The maximum absolute atomic E-state index is 14.6. The van der Waals surface area contributed by atoms with E-state index >= 15 is 0 Å². The molecule has 2 aromatic rings. The van der Waals surface area contributed by atoms with Crippen molar-refractivity contribution in [3.63, 3.8) is 0 Å². The van der Waals surface area contributed by atoms with Crippen LogP contribution in [0.3, 0.4) is 0 Å². The van der Waals surface area contributed by atoms with Crippen molar-refractivity contribution in [2.75, 3.05) is 59.8 Å². The van der Waals surface area contributed by atoms with Gasteiger partial charge in [0.1, 0.15) is 5.82 Å². The maximum atomic E-state index is 14.6. The van der Waals surface area contributed by atoms with Crippen molar-refractivity contribution in [1.82, 2.24) is 9.97 Å². The highest BCUT2D eigenvalue weighted by Gasteiger charge is 2.48. The van der Waals surface area contributed by atoms with Crippen LogP contribution in [0, 0.1) is 0 Å². The second kappa shape index (κ2) is 8.08. The van der Waals surface area contributed by atoms with Gasteiger partial charge in [-0.15, -0.1) is 0 Å². The van der Waals surface area contributed by atoms with Crippen LogP contribution in [-0.2, 0) is 10.4 Å². The molecule has 0 atom stereocenters. The van der Waals surface area contributed by atoms with Crippen LogP contribution in [0.2, 0.25) is 0 Å². The third kappa shape index (κ3) is 3.74. The summed E-state index contributed by atoms with van der Waals surface area (Å²) in [5.41, 5.74) is 5.70. The first-order chi connectivity index (χ1) is 15.0. The number of rotatable bonds is 4. The lowest BCUT2D eigenvalue weighted by Crippen LogP contribution is -2.48. The van der Waals surface area contributed by atoms with Gasteiger partial charge in [0.25, 0.3) is 6.43 Å². The molecule has 2 saturated heterocycles. The van der Waals surface area contributed by atoms with Crippen LogP contribution in [0.5, 0.6) is 0 Å². The Morgan fingerprint density at radius 2 is 1.65 bits per heavy atom. The van der Waals surface area contributed by atoms with Crippen molar-refractivity contribution < 1.29 is 13.5 Å². The van der Waals surface area contributed by atoms with Crippen LogP contribution in [0.25, 0.3) is 0 Å². The molecule has 0 unspecified atom stereocenters. The first kappa shape index (κ1) is 20.2. The van der Waals surface area contributed by atoms with E-state index in [4.69, 9.17) is 15.5 Å². The number of nitrogens with two attached hydrogens (primary N) is 1. The number of para-hydroxylation sites is 2. The second-order valence-corrected chi connectivity index (χ2v) is 8.24. The van der Waals surface area contributed by atoms with Crippen molar-refractivity contribution in [2.45, 2.75) is 31.0 Å². The van der Waals surface area contributed by atoms with Gasteiger partial charge in [-0.25, -0.2) is 13.8 Å². The van der Waals surface area contributed by atoms with Gasteiger partial charge in [-0.1, -0.05) is 12.1 Å². The normalized spacial score (nSPS) is 21.0. The number of hydrogen-bond donors (Lipinski definition) is 3. The molecule has 10 heteroatoms. The van der Waals surface area contributed by atoms with Crippen LogP contribution in [0.1, 0.15) is 18.5 Å². The molecule has 0 bridgehead atoms. The fraction of sp³-hybridized carbons (Fsp3) is 0.524. The molecule has 0 radical (unpaired) electrons. The molecule has 4 N–H and O–H groups in total. The van der Waals surface area contributed by atoms with E-state index in [1.54, 1.807) is 18.2 Å². The number of ether oxygens (including phenoxy) is 1. The van der Waals surface area contributed by atoms with E-state index in [1.165, 1.54) is 0 Å². The average molecular weight is 431 g/mol. The molecule has 5 rings (SSSR count). The zero-order valence-electron chi connectivity index (χ0n) is 17.2. The van der Waals surface area contributed by atoms with Gasteiger partial charge in [0.2, 0.25) is 11.6 Å². The zero-order valence-corrected chi connectivity index (χ0v) is 17.2. The quantitative estimate of drug-likeness (QED) is 0.679. The van der Waals surface area contributed by atoms with E-state index in [-0.39, 0.29) is 11.7 Å². The first-order valence-corrected chi connectivity index (χ1v) is 10.7. The Hall–Kier alpha value is -2.72. The van der Waals surface area contributed by atoms with Gasteiger partial charge < -0.3 is 30.9 Å². The summed E-state index contributed by atoms with van der Waals surface area (Å²) in [6.07, 6.45) is -1.10. The molecule has 1 aromatic heterocycles. The summed E-state index contributed by atoms with van der Waals surface area (Å²) >= 11 is 0. The highest BCUT2D eigenvalue weighted by Crippen LogP contribution is 2.43. The second-order valence-electron chi connectivity index (χ2n) is 8.24. The number of piperidine rings is 1. The molecule has 8 nitrogen and oxygen atoms in total. The number of benzene rings is 1. The molecule has 3 aliphatic rings. The molecule has 0 spiro atoms. The lowest BCUT2D eigenvalue weighted by molar-refractivity contribution is 0.0795. The fourth-order valence-corrected chi connectivity index (χ4v) is 4.33. The van der Waals surface area contributed by atoms with E-state index in [2.05, 4.69) is 20.5 Å². The maximum Gasteiger partial charge on any atom is 0.285 e. The Morgan fingerprint density at radius 3 is 2.26 bits per heavy atom. The number of nitrogens with one attached hydrogen (secondary N) is 2. The van der Waals surface area contributed by atoms with E-state index < -0.39 is 12.1 Å². The summed E-state index contributed by atoms with van der Waals surface area (Å²) in [6.45, 7) is 3.88. The van der Waals surface area contributed by atoms with Crippen LogP contribution < -0.4 is 26.2 Å². The van der Waals surface area contributed by atoms with Gasteiger partial charge in [-0.2, -0.15) is 4.98 Å². The molecular formula is C21H27F2N7O. The monoisotopic (exact) mass is 431 g/mol. The number of halogens is 2. The van der Waals surface area contributed by atoms with E-state index in [0.717, 1.165) is 12.8 Å². The number of hydrogen-bond acceptors (Lipinski definition) is 8. The summed E-state index contributed by atoms with van der Waals surface area (Å²) in [7, 11) is 0. The summed E-state index contributed by atoms with van der Waals surface area (Å²) < 4.78 is 34.6. The van der Waals surface area contributed by atoms with Crippen molar-refractivity contribution in [2.24, 2.45) is 5.73 Å². The summed E-state index contributed by atoms with van der Waals surface area (Å²) in [5, 5.41) is 6.00. The SMILES string of the molecule is NC1CCN(c2nc(N3CCOCC3)cc(C3(C(F)F)Nc4ccccc4N3)n2)CC1. The van der Waals surface area contributed by atoms with Crippen LogP contribution in [0.15, 0.2) is 30.3 Å². The number of anilines is 4. The number of alkyl halides is 2. The van der Waals surface area contributed by atoms with E-state index in [1.807, 2.05) is 17.0 Å². The summed E-state index contributed by atoms with van der Waals surface area (Å²) in [4.78, 5) is 13.5. The minimum atomic E-state index is -2.74.